The zero-order valence-corrected chi connectivity index (χ0v) is 12.4. The van der Waals surface area contributed by atoms with Crippen LogP contribution in [-0.4, -0.2) is 25.0 Å². The van der Waals surface area contributed by atoms with E-state index in [0.29, 0.717) is 6.42 Å². The van der Waals surface area contributed by atoms with Crippen molar-refractivity contribution < 1.29 is 14.3 Å². The van der Waals surface area contributed by atoms with Crippen LogP contribution in [0, 0.1) is 5.92 Å². The maximum absolute atomic E-state index is 11.7. The number of aryl methyl sites for hydroxylation is 1. The van der Waals surface area contributed by atoms with E-state index in [1.54, 1.807) is 13.8 Å². The molecule has 0 aromatic heterocycles. The van der Waals surface area contributed by atoms with Crippen LogP contribution >= 0.6 is 0 Å². The second-order valence-corrected chi connectivity index (χ2v) is 5.12. The summed E-state index contributed by atoms with van der Waals surface area (Å²) in [6.45, 7) is 3.60. The van der Waals surface area contributed by atoms with E-state index < -0.39 is 6.04 Å². The van der Waals surface area contributed by atoms with Gasteiger partial charge in [0, 0.05) is 5.92 Å². The fourth-order valence-corrected chi connectivity index (χ4v) is 1.88. The van der Waals surface area contributed by atoms with Crippen LogP contribution in [0.15, 0.2) is 30.3 Å². The lowest BCUT2D eigenvalue weighted by Gasteiger charge is -2.17. The molecule has 4 nitrogen and oxygen atoms in total. The number of hydrogen-bond donors (Lipinski definition) is 1. The SMILES string of the molecule is COC(=O)[C@@H](CCCc1ccccc1)NC(=O)C(C)C. The maximum Gasteiger partial charge on any atom is 0.328 e. The quantitative estimate of drug-likeness (QED) is 0.778. The van der Waals surface area contributed by atoms with Gasteiger partial charge in [-0.25, -0.2) is 4.79 Å². The molecule has 0 bridgehead atoms. The van der Waals surface area contributed by atoms with Crippen LogP contribution in [0.1, 0.15) is 32.3 Å². The van der Waals surface area contributed by atoms with Crippen molar-refractivity contribution >= 4 is 11.9 Å². The smallest absolute Gasteiger partial charge is 0.328 e. The largest absolute Gasteiger partial charge is 0.467 e. The van der Waals surface area contributed by atoms with Crippen molar-refractivity contribution in [1.29, 1.82) is 0 Å². The first-order chi connectivity index (χ1) is 9.54. The zero-order valence-electron chi connectivity index (χ0n) is 12.4. The predicted octanol–water partition coefficient (Wildman–Crippen LogP) is 2.32. The van der Waals surface area contributed by atoms with Gasteiger partial charge < -0.3 is 10.1 Å². The Balaban J connectivity index is 2.48. The Labute approximate surface area is 120 Å². The van der Waals surface area contributed by atoms with Crippen molar-refractivity contribution in [3.63, 3.8) is 0 Å². The third kappa shape index (κ3) is 5.43. The molecule has 0 unspecified atom stereocenters. The van der Waals surface area contributed by atoms with E-state index in [2.05, 4.69) is 17.4 Å². The summed E-state index contributed by atoms with van der Waals surface area (Å²) in [7, 11) is 1.34. The first-order valence-corrected chi connectivity index (χ1v) is 6.96. The Bertz CT molecular complexity index is 429. The molecular formula is C16H23NO3. The van der Waals surface area contributed by atoms with E-state index in [1.165, 1.54) is 12.7 Å². The molecule has 1 rings (SSSR count). The van der Waals surface area contributed by atoms with Gasteiger partial charge in [-0.3, -0.25) is 4.79 Å². The van der Waals surface area contributed by atoms with Gasteiger partial charge in [0.05, 0.1) is 7.11 Å². The van der Waals surface area contributed by atoms with Crippen molar-refractivity contribution in [2.45, 2.75) is 39.2 Å². The van der Waals surface area contributed by atoms with E-state index in [4.69, 9.17) is 4.74 Å². The van der Waals surface area contributed by atoms with Gasteiger partial charge in [-0.15, -0.1) is 0 Å². The highest BCUT2D eigenvalue weighted by molar-refractivity contribution is 5.85. The van der Waals surface area contributed by atoms with Crippen molar-refractivity contribution in [3.05, 3.63) is 35.9 Å². The van der Waals surface area contributed by atoms with Crippen LogP contribution in [0.2, 0.25) is 0 Å². The van der Waals surface area contributed by atoms with E-state index in [9.17, 15) is 9.59 Å². The fourth-order valence-electron chi connectivity index (χ4n) is 1.88. The summed E-state index contributed by atoms with van der Waals surface area (Å²) in [4.78, 5) is 23.4. The maximum atomic E-state index is 11.7. The van der Waals surface area contributed by atoms with Crippen molar-refractivity contribution in [3.8, 4) is 0 Å². The summed E-state index contributed by atoms with van der Waals surface area (Å²) in [5, 5.41) is 2.74. The number of benzene rings is 1. The van der Waals surface area contributed by atoms with Crippen molar-refractivity contribution in [2.24, 2.45) is 5.92 Å². The van der Waals surface area contributed by atoms with Gasteiger partial charge in [-0.1, -0.05) is 44.2 Å². The molecule has 0 spiro atoms. The Hall–Kier alpha value is -1.84. The van der Waals surface area contributed by atoms with E-state index in [-0.39, 0.29) is 17.8 Å². The summed E-state index contributed by atoms with van der Waals surface area (Å²) in [6.07, 6.45) is 2.29. The Morgan fingerprint density at radius 3 is 2.40 bits per heavy atom. The molecule has 0 aliphatic rings. The van der Waals surface area contributed by atoms with Crippen LogP contribution in [0.25, 0.3) is 0 Å². The molecule has 110 valence electrons. The molecular weight excluding hydrogens is 254 g/mol. The molecule has 1 N–H and O–H groups in total. The average molecular weight is 277 g/mol. The Kier molecular flexibility index (Phi) is 6.77. The lowest BCUT2D eigenvalue weighted by Crippen LogP contribution is -2.43. The second kappa shape index (κ2) is 8.35. The van der Waals surface area contributed by atoms with Gasteiger partial charge in [0.15, 0.2) is 0 Å². The molecule has 4 heteroatoms. The molecule has 1 amide bonds. The molecule has 1 aromatic rings. The van der Waals surface area contributed by atoms with Crippen LogP contribution in [-0.2, 0) is 20.7 Å². The summed E-state index contributed by atoms with van der Waals surface area (Å²) < 4.78 is 4.74. The second-order valence-electron chi connectivity index (χ2n) is 5.12. The minimum absolute atomic E-state index is 0.125. The summed E-state index contributed by atoms with van der Waals surface area (Å²) in [6, 6.07) is 9.52. The minimum Gasteiger partial charge on any atom is -0.467 e. The number of carbonyl (C=O) groups excluding carboxylic acids is 2. The van der Waals surface area contributed by atoms with Crippen molar-refractivity contribution in [1.82, 2.24) is 5.32 Å². The standard InChI is InChI=1S/C16H23NO3/c1-12(2)15(18)17-14(16(19)20-3)11-7-10-13-8-5-4-6-9-13/h4-6,8-9,12,14H,7,10-11H2,1-3H3,(H,17,18)/t14-/m1/s1. The highest BCUT2D eigenvalue weighted by atomic mass is 16.5. The molecule has 1 aromatic carbocycles. The lowest BCUT2D eigenvalue weighted by molar-refractivity contribution is -0.145. The third-order valence-corrected chi connectivity index (χ3v) is 3.13. The molecule has 20 heavy (non-hydrogen) atoms. The summed E-state index contributed by atoms with van der Waals surface area (Å²) in [5.41, 5.74) is 1.23. The molecule has 0 aliphatic heterocycles. The topological polar surface area (TPSA) is 55.4 Å². The van der Waals surface area contributed by atoms with Crippen LogP contribution in [0.3, 0.4) is 0 Å². The molecule has 0 aliphatic carbocycles. The van der Waals surface area contributed by atoms with Gasteiger partial charge in [0.1, 0.15) is 6.04 Å². The number of methoxy groups -OCH3 is 1. The number of nitrogens with one attached hydrogen (secondary N) is 1. The van der Waals surface area contributed by atoms with Gasteiger partial charge in [0.2, 0.25) is 5.91 Å². The van der Waals surface area contributed by atoms with Gasteiger partial charge in [-0.2, -0.15) is 0 Å². The number of hydrogen-bond acceptors (Lipinski definition) is 3. The Morgan fingerprint density at radius 1 is 1.20 bits per heavy atom. The number of carbonyl (C=O) groups is 2. The monoisotopic (exact) mass is 277 g/mol. The van der Waals surface area contributed by atoms with E-state index >= 15 is 0 Å². The lowest BCUT2D eigenvalue weighted by atomic mass is 10.0. The fraction of sp³-hybridized carbons (Fsp3) is 0.500. The summed E-state index contributed by atoms with van der Waals surface area (Å²) in [5.74, 6) is -0.650. The normalized spacial score (nSPS) is 12.0. The van der Waals surface area contributed by atoms with Gasteiger partial charge in [-0.05, 0) is 24.8 Å². The first-order valence-electron chi connectivity index (χ1n) is 6.96. The highest BCUT2D eigenvalue weighted by Gasteiger charge is 2.22. The molecule has 0 heterocycles. The molecule has 1 atom stereocenters. The predicted molar refractivity (Wildman–Crippen MR) is 78.2 cm³/mol. The van der Waals surface area contributed by atoms with E-state index in [0.717, 1.165) is 12.8 Å². The molecule has 0 radical (unpaired) electrons. The van der Waals surface area contributed by atoms with E-state index in [1.807, 2.05) is 18.2 Å². The van der Waals surface area contributed by atoms with Crippen molar-refractivity contribution in [2.75, 3.05) is 7.11 Å². The van der Waals surface area contributed by atoms with Gasteiger partial charge >= 0.3 is 5.97 Å². The zero-order chi connectivity index (χ0) is 15.0. The molecule has 0 saturated carbocycles. The number of esters is 1. The number of ether oxygens (including phenoxy) is 1. The van der Waals surface area contributed by atoms with Crippen LogP contribution in [0.5, 0.6) is 0 Å². The van der Waals surface area contributed by atoms with Crippen LogP contribution in [0.4, 0.5) is 0 Å². The average Bonchev–Trinajstić information content (AvgIpc) is 2.46. The Morgan fingerprint density at radius 2 is 1.85 bits per heavy atom. The third-order valence-electron chi connectivity index (χ3n) is 3.13. The molecule has 0 saturated heterocycles. The molecule has 0 fully saturated rings. The summed E-state index contributed by atoms with van der Waals surface area (Å²) >= 11 is 0. The number of rotatable bonds is 7. The number of amides is 1. The minimum atomic E-state index is -0.557. The van der Waals surface area contributed by atoms with Gasteiger partial charge in [0.25, 0.3) is 0 Å². The van der Waals surface area contributed by atoms with Crippen LogP contribution < -0.4 is 5.32 Å². The first kappa shape index (κ1) is 16.2. The highest BCUT2D eigenvalue weighted by Crippen LogP contribution is 2.08.